The number of hydrogen-bond acceptors (Lipinski definition) is 0. The van der Waals surface area contributed by atoms with Crippen molar-refractivity contribution in [2.75, 3.05) is 0 Å². The van der Waals surface area contributed by atoms with Crippen molar-refractivity contribution in [1.82, 2.24) is 0 Å². The monoisotopic (exact) mass is 406 g/mol. The Morgan fingerprint density at radius 1 is 0.710 bits per heavy atom. The second-order valence-corrected chi connectivity index (χ2v) is 13.2. The third-order valence-electron chi connectivity index (χ3n) is 11.7. The normalized spacial score (nSPS) is 49.7. The maximum Gasteiger partial charge on any atom is -0.00380 e. The molecule has 0 nitrogen and oxygen atoms in total. The van der Waals surface area contributed by atoms with E-state index in [-0.39, 0.29) is 0 Å². The van der Waals surface area contributed by atoms with E-state index in [0.29, 0.717) is 5.41 Å². The van der Waals surface area contributed by atoms with Crippen LogP contribution >= 0.6 is 0 Å². The molecule has 0 saturated heterocycles. The highest BCUT2D eigenvalue weighted by atomic mass is 14.9. The van der Waals surface area contributed by atoms with Gasteiger partial charge in [0.2, 0.25) is 0 Å². The van der Waals surface area contributed by atoms with Crippen LogP contribution in [0.25, 0.3) is 12.2 Å². The minimum absolute atomic E-state index is 0.508. The zero-order chi connectivity index (χ0) is 20.6. The Labute approximate surface area is 187 Å². The molecular formula is C31H34. The first-order valence-corrected chi connectivity index (χ1v) is 12.8. The summed E-state index contributed by atoms with van der Waals surface area (Å²) in [5.41, 5.74) is 8.41. The molecule has 158 valence electrons. The van der Waals surface area contributed by atoms with Crippen LogP contribution in [0.3, 0.4) is 0 Å². The Bertz CT molecular complexity index is 1070. The van der Waals surface area contributed by atoms with Crippen molar-refractivity contribution in [3.63, 3.8) is 0 Å². The highest BCUT2D eigenvalue weighted by Crippen LogP contribution is 2.93. The lowest BCUT2D eigenvalue weighted by molar-refractivity contribution is -0.409. The molecule has 8 bridgehead atoms. The molecule has 0 aromatic heterocycles. The van der Waals surface area contributed by atoms with Crippen molar-refractivity contribution in [3.8, 4) is 0 Å². The second kappa shape index (κ2) is 5.22. The van der Waals surface area contributed by atoms with Crippen molar-refractivity contribution < 1.29 is 0 Å². The van der Waals surface area contributed by atoms with E-state index in [1.807, 2.05) is 0 Å². The first-order chi connectivity index (χ1) is 14.9. The summed E-state index contributed by atoms with van der Waals surface area (Å²) in [6.45, 7) is 4.81. The molecule has 9 fully saturated rings. The maximum absolute atomic E-state index is 2.66. The van der Waals surface area contributed by atoms with E-state index >= 15 is 0 Å². The molecule has 0 N–H and O–H groups in total. The SMILES string of the molecule is Cc1ccc(/C=C/c2ccc(C34CC5C6CC7(C)CC58CC(C7)(C6C3)C8C4)cc2)cc1. The molecule has 2 aromatic carbocycles. The molecule has 0 radical (unpaired) electrons. The number of hydrogen-bond donors (Lipinski definition) is 0. The number of aryl methyl sites for hydroxylation is 1. The summed E-state index contributed by atoms with van der Waals surface area (Å²) >= 11 is 0. The molecular weight excluding hydrogens is 372 g/mol. The Hall–Kier alpha value is -1.82. The topological polar surface area (TPSA) is 0 Å². The van der Waals surface area contributed by atoms with Crippen molar-refractivity contribution >= 4 is 12.2 Å². The fraction of sp³-hybridized carbons (Fsp3) is 0.548. The summed E-state index contributed by atoms with van der Waals surface area (Å²) in [7, 11) is 0. The molecule has 2 aromatic rings. The standard InChI is InChI=1S/C31H34/c1-20-3-5-21(6-4-20)7-8-22-9-11-23(12-10-22)29-14-25-24-13-28(2)17-30(25)19-31(18-28,26(24)15-29)27(30)16-29/h3-12,24-27H,13-19H2,1-2H3/b8-7+. The Balaban J connectivity index is 1.10. The summed E-state index contributed by atoms with van der Waals surface area (Å²) < 4.78 is 0. The van der Waals surface area contributed by atoms with E-state index < -0.39 is 0 Å². The first kappa shape index (κ1) is 17.7. The lowest BCUT2D eigenvalue weighted by Gasteiger charge is -2.90. The molecule has 4 unspecified atom stereocenters. The van der Waals surface area contributed by atoms with Crippen LogP contribution in [-0.4, -0.2) is 0 Å². The fourth-order valence-corrected chi connectivity index (χ4v) is 11.3. The molecule has 4 atom stereocenters. The van der Waals surface area contributed by atoms with E-state index in [9.17, 15) is 0 Å². The second-order valence-electron chi connectivity index (χ2n) is 13.2. The fourth-order valence-electron chi connectivity index (χ4n) is 11.3. The lowest BCUT2D eigenvalue weighted by Crippen LogP contribution is -2.84. The van der Waals surface area contributed by atoms with Crippen molar-refractivity contribution in [2.45, 2.75) is 64.2 Å². The van der Waals surface area contributed by atoms with Gasteiger partial charge in [0, 0.05) is 0 Å². The zero-order valence-electron chi connectivity index (χ0n) is 19.0. The molecule has 11 rings (SSSR count). The van der Waals surface area contributed by atoms with Gasteiger partial charge in [-0.25, -0.2) is 0 Å². The molecule has 31 heavy (non-hydrogen) atoms. The van der Waals surface area contributed by atoms with Crippen LogP contribution < -0.4 is 0 Å². The quantitative estimate of drug-likeness (QED) is 0.459. The van der Waals surface area contributed by atoms with Crippen LogP contribution in [0.2, 0.25) is 0 Å². The smallest absolute Gasteiger partial charge is 0.00380 e. The van der Waals surface area contributed by atoms with E-state index in [1.54, 1.807) is 31.2 Å². The van der Waals surface area contributed by atoms with Crippen molar-refractivity contribution in [1.29, 1.82) is 0 Å². The minimum atomic E-state index is 0.508. The Morgan fingerprint density at radius 2 is 1.29 bits per heavy atom. The number of rotatable bonds is 3. The van der Waals surface area contributed by atoms with Crippen LogP contribution in [0.1, 0.15) is 74.1 Å². The van der Waals surface area contributed by atoms with Crippen molar-refractivity contribution in [3.05, 3.63) is 70.8 Å². The van der Waals surface area contributed by atoms with Gasteiger partial charge >= 0.3 is 0 Å². The average Bonchev–Trinajstić information content (AvgIpc) is 2.76. The van der Waals surface area contributed by atoms with Gasteiger partial charge in [0.25, 0.3) is 0 Å². The van der Waals surface area contributed by atoms with Gasteiger partial charge < -0.3 is 0 Å². The highest BCUT2D eigenvalue weighted by molar-refractivity contribution is 5.69. The van der Waals surface area contributed by atoms with E-state index in [4.69, 9.17) is 0 Å². The maximum atomic E-state index is 2.66. The molecule has 9 aliphatic rings. The van der Waals surface area contributed by atoms with Crippen LogP contribution in [0.5, 0.6) is 0 Å². The first-order valence-electron chi connectivity index (χ1n) is 12.8. The largest absolute Gasteiger partial charge is 0.0596 e. The third kappa shape index (κ3) is 1.96. The zero-order valence-corrected chi connectivity index (χ0v) is 19.0. The molecule has 2 spiro atoms. The van der Waals surface area contributed by atoms with Crippen LogP contribution in [0, 0.1) is 46.8 Å². The predicted octanol–water partition coefficient (Wildman–Crippen LogP) is 7.66. The van der Waals surface area contributed by atoms with Gasteiger partial charge in [-0.15, -0.1) is 0 Å². The molecule has 9 aliphatic carbocycles. The summed E-state index contributed by atoms with van der Waals surface area (Å²) in [4.78, 5) is 0. The molecule has 0 aliphatic heterocycles. The summed E-state index contributed by atoms with van der Waals surface area (Å²) in [6, 6.07) is 18.6. The van der Waals surface area contributed by atoms with E-state index in [2.05, 4.69) is 74.5 Å². The summed E-state index contributed by atoms with van der Waals surface area (Å²) in [5.74, 6) is 4.27. The molecule has 0 heterocycles. The van der Waals surface area contributed by atoms with E-state index in [0.717, 1.165) is 39.9 Å². The Morgan fingerprint density at radius 3 is 1.90 bits per heavy atom. The van der Waals surface area contributed by atoms with Crippen LogP contribution in [0.15, 0.2) is 48.5 Å². The minimum Gasteiger partial charge on any atom is -0.0596 e. The lowest BCUT2D eigenvalue weighted by atomic mass is 9.14. The summed E-state index contributed by atoms with van der Waals surface area (Å²) in [5, 5.41) is 0. The van der Waals surface area contributed by atoms with Crippen LogP contribution in [0.4, 0.5) is 0 Å². The van der Waals surface area contributed by atoms with Gasteiger partial charge in [0.15, 0.2) is 0 Å². The summed E-state index contributed by atoms with van der Waals surface area (Å²) in [6.07, 6.45) is 15.4. The van der Waals surface area contributed by atoms with Gasteiger partial charge in [0.05, 0.1) is 0 Å². The van der Waals surface area contributed by atoms with Gasteiger partial charge in [-0.05, 0) is 114 Å². The van der Waals surface area contributed by atoms with E-state index in [1.165, 1.54) is 36.0 Å². The highest BCUT2D eigenvalue weighted by Gasteiger charge is 2.86. The average molecular weight is 407 g/mol. The van der Waals surface area contributed by atoms with Gasteiger partial charge in [-0.2, -0.15) is 0 Å². The molecule has 0 amide bonds. The Kier molecular flexibility index (Phi) is 2.98. The van der Waals surface area contributed by atoms with Gasteiger partial charge in [-0.3, -0.25) is 0 Å². The van der Waals surface area contributed by atoms with Gasteiger partial charge in [-0.1, -0.05) is 73.2 Å². The van der Waals surface area contributed by atoms with Gasteiger partial charge in [0.1, 0.15) is 0 Å². The van der Waals surface area contributed by atoms with Crippen LogP contribution in [-0.2, 0) is 5.41 Å². The molecule has 9 saturated carbocycles. The number of benzene rings is 2. The molecule has 0 heteroatoms. The predicted molar refractivity (Wildman–Crippen MR) is 127 cm³/mol. The third-order valence-corrected chi connectivity index (χ3v) is 11.7. The van der Waals surface area contributed by atoms with Crippen molar-refractivity contribution in [2.24, 2.45) is 39.9 Å².